The normalized spacial score (nSPS) is 9.33. The lowest BCUT2D eigenvalue weighted by molar-refractivity contribution is 0.158. The minimum absolute atomic E-state index is 0.0625. The quantitative estimate of drug-likeness (QED) is 0.403. The molecule has 0 aliphatic heterocycles. The molecule has 1 aromatic rings. The van der Waals surface area contributed by atoms with E-state index in [0.717, 1.165) is 6.20 Å². The van der Waals surface area contributed by atoms with Crippen molar-refractivity contribution in [2.75, 3.05) is 0 Å². The molecule has 1 aromatic heterocycles. The predicted octanol–water partition coefficient (Wildman–Crippen LogP) is -1.83. The molecular weight excluding hydrogens is 126 g/mol. The van der Waals surface area contributed by atoms with Gasteiger partial charge < -0.3 is 5.21 Å². The van der Waals surface area contributed by atoms with Crippen LogP contribution in [0, 0.1) is 0 Å². The topological polar surface area (TPSA) is 88.0 Å². The Balaban J connectivity index is 3.62. The summed E-state index contributed by atoms with van der Waals surface area (Å²) in [6, 6.07) is 0. The van der Waals surface area contributed by atoms with Crippen LogP contribution in [0.15, 0.2) is 15.8 Å². The van der Waals surface area contributed by atoms with Crippen LogP contribution in [-0.2, 0) is 0 Å². The van der Waals surface area contributed by atoms with Crippen LogP contribution in [0.2, 0.25) is 0 Å². The van der Waals surface area contributed by atoms with Crippen LogP contribution in [-0.4, -0.2) is 20.1 Å². The maximum Gasteiger partial charge on any atom is 0.378 e. The van der Waals surface area contributed by atoms with E-state index in [1.165, 1.54) is 0 Å². The summed E-state index contributed by atoms with van der Waals surface area (Å²) in [7, 11) is 0. The standard InChI is InChI=1S/C3H3N3O3/c7-2-1-4-5-3(8)6(2)9/h1,9H,(H,5,8). The maximum atomic E-state index is 10.3. The Hall–Kier alpha value is -1.59. The van der Waals surface area contributed by atoms with Crippen molar-refractivity contribution in [2.45, 2.75) is 0 Å². The van der Waals surface area contributed by atoms with Crippen molar-refractivity contribution >= 4 is 0 Å². The van der Waals surface area contributed by atoms with Crippen LogP contribution >= 0.6 is 0 Å². The smallest absolute Gasteiger partial charge is 0.378 e. The predicted molar refractivity (Wildman–Crippen MR) is 26.3 cm³/mol. The van der Waals surface area contributed by atoms with Gasteiger partial charge in [0.15, 0.2) is 0 Å². The molecule has 1 heterocycles. The van der Waals surface area contributed by atoms with E-state index in [-0.39, 0.29) is 4.73 Å². The molecule has 1 rings (SSSR count). The molecule has 0 bridgehead atoms. The second-order valence-electron chi connectivity index (χ2n) is 1.33. The number of nitrogens with one attached hydrogen (secondary N) is 1. The van der Waals surface area contributed by atoms with E-state index in [1.807, 2.05) is 5.10 Å². The number of aromatic amines is 1. The van der Waals surface area contributed by atoms with Crippen molar-refractivity contribution in [1.29, 1.82) is 0 Å². The molecule has 0 aromatic carbocycles. The summed E-state index contributed by atoms with van der Waals surface area (Å²) in [5, 5.41) is 13.4. The highest BCUT2D eigenvalue weighted by Crippen LogP contribution is 1.49. The molecule has 0 atom stereocenters. The summed E-state index contributed by atoms with van der Waals surface area (Å²) >= 11 is 0. The Labute approximate surface area is 48.3 Å². The fourth-order valence-electron chi connectivity index (χ4n) is 0.345. The number of aromatic nitrogens is 3. The van der Waals surface area contributed by atoms with Crippen molar-refractivity contribution in [1.82, 2.24) is 14.9 Å². The van der Waals surface area contributed by atoms with Crippen molar-refractivity contribution in [3.63, 3.8) is 0 Å². The zero-order valence-electron chi connectivity index (χ0n) is 4.24. The maximum absolute atomic E-state index is 10.3. The molecule has 0 aliphatic rings. The Kier molecular flexibility index (Phi) is 1.07. The number of hydrogen-bond acceptors (Lipinski definition) is 4. The van der Waals surface area contributed by atoms with Gasteiger partial charge in [-0.15, -0.1) is 0 Å². The average Bonchev–Trinajstić information content (AvgIpc) is 1.83. The third kappa shape index (κ3) is 0.809. The first-order valence-corrected chi connectivity index (χ1v) is 2.08. The fraction of sp³-hybridized carbons (Fsp3) is 0. The van der Waals surface area contributed by atoms with Gasteiger partial charge >= 0.3 is 11.2 Å². The first-order valence-electron chi connectivity index (χ1n) is 2.08. The van der Waals surface area contributed by atoms with Crippen LogP contribution in [0.5, 0.6) is 0 Å². The Bertz CT molecular complexity index is 282. The molecule has 6 heteroatoms. The fourth-order valence-corrected chi connectivity index (χ4v) is 0.345. The van der Waals surface area contributed by atoms with Gasteiger partial charge in [-0.25, -0.2) is 9.89 Å². The summed E-state index contributed by atoms with van der Waals surface area (Å²) in [6.07, 6.45) is 0.793. The van der Waals surface area contributed by atoms with E-state index in [9.17, 15) is 9.59 Å². The third-order valence-electron chi connectivity index (χ3n) is 0.736. The molecule has 9 heavy (non-hydrogen) atoms. The molecular formula is C3H3N3O3. The van der Waals surface area contributed by atoms with Crippen molar-refractivity contribution in [3.8, 4) is 0 Å². The van der Waals surface area contributed by atoms with Gasteiger partial charge in [0.25, 0.3) is 0 Å². The van der Waals surface area contributed by atoms with Crippen molar-refractivity contribution in [2.24, 2.45) is 0 Å². The molecule has 2 N–H and O–H groups in total. The van der Waals surface area contributed by atoms with Gasteiger partial charge in [-0.3, -0.25) is 4.79 Å². The minimum Gasteiger partial charge on any atom is -0.421 e. The van der Waals surface area contributed by atoms with Gasteiger partial charge in [0, 0.05) is 0 Å². The van der Waals surface area contributed by atoms with Gasteiger partial charge in [-0.1, -0.05) is 4.73 Å². The molecule has 0 unspecified atom stereocenters. The Morgan fingerprint density at radius 1 is 1.67 bits per heavy atom. The van der Waals surface area contributed by atoms with E-state index in [4.69, 9.17) is 5.21 Å². The molecule has 0 radical (unpaired) electrons. The van der Waals surface area contributed by atoms with Crippen LogP contribution in [0.1, 0.15) is 0 Å². The summed E-state index contributed by atoms with van der Waals surface area (Å²) in [4.78, 5) is 20.5. The number of rotatable bonds is 0. The summed E-state index contributed by atoms with van der Waals surface area (Å²) in [5.74, 6) is 0. The van der Waals surface area contributed by atoms with Gasteiger partial charge in [0.05, 0.1) is 0 Å². The van der Waals surface area contributed by atoms with Crippen LogP contribution in [0.25, 0.3) is 0 Å². The minimum atomic E-state index is -0.942. The van der Waals surface area contributed by atoms with E-state index in [0.29, 0.717) is 0 Å². The van der Waals surface area contributed by atoms with Crippen molar-refractivity contribution < 1.29 is 5.21 Å². The largest absolute Gasteiger partial charge is 0.421 e. The van der Waals surface area contributed by atoms with E-state index < -0.39 is 11.2 Å². The number of nitrogens with zero attached hydrogens (tertiary/aromatic N) is 2. The first-order chi connectivity index (χ1) is 4.22. The average molecular weight is 129 g/mol. The monoisotopic (exact) mass is 129 g/mol. The SMILES string of the molecule is O=c1cn[nH]c(=O)n1O. The summed E-state index contributed by atoms with van der Waals surface area (Å²) < 4.78 is -0.0625. The number of hydrogen-bond donors (Lipinski definition) is 2. The Morgan fingerprint density at radius 3 is 2.78 bits per heavy atom. The van der Waals surface area contributed by atoms with E-state index >= 15 is 0 Å². The second kappa shape index (κ2) is 1.73. The molecule has 6 nitrogen and oxygen atoms in total. The molecule has 0 fully saturated rings. The zero-order chi connectivity index (χ0) is 6.85. The number of H-pyrrole nitrogens is 1. The highest BCUT2D eigenvalue weighted by Gasteiger charge is 1.92. The molecule has 48 valence electrons. The highest BCUT2D eigenvalue weighted by molar-refractivity contribution is 4.67. The lowest BCUT2D eigenvalue weighted by Crippen LogP contribution is -2.33. The van der Waals surface area contributed by atoms with Gasteiger partial charge in [0.1, 0.15) is 6.20 Å². The highest BCUT2D eigenvalue weighted by atomic mass is 16.5. The van der Waals surface area contributed by atoms with Gasteiger partial charge in [-0.2, -0.15) is 5.10 Å². The third-order valence-corrected chi connectivity index (χ3v) is 0.736. The van der Waals surface area contributed by atoms with Crippen LogP contribution < -0.4 is 11.2 Å². The van der Waals surface area contributed by atoms with E-state index in [1.54, 1.807) is 0 Å². The zero-order valence-corrected chi connectivity index (χ0v) is 4.24. The second-order valence-corrected chi connectivity index (χ2v) is 1.33. The van der Waals surface area contributed by atoms with Crippen LogP contribution in [0.4, 0.5) is 0 Å². The Morgan fingerprint density at radius 2 is 2.33 bits per heavy atom. The van der Waals surface area contributed by atoms with E-state index in [2.05, 4.69) is 5.10 Å². The molecule has 0 aliphatic carbocycles. The lowest BCUT2D eigenvalue weighted by Gasteiger charge is -1.86. The summed E-state index contributed by atoms with van der Waals surface area (Å²) in [5.41, 5.74) is -1.79. The molecule has 0 amide bonds. The summed E-state index contributed by atoms with van der Waals surface area (Å²) in [6.45, 7) is 0. The molecule has 0 saturated heterocycles. The van der Waals surface area contributed by atoms with Gasteiger partial charge in [-0.05, 0) is 0 Å². The molecule has 0 saturated carbocycles. The van der Waals surface area contributed by atoms with Crippen molar-refractivity contribution in [3.05, 3.63) is 27.0 Å². The van der Waals surface area contributed by atoms with Gasteiger partial charge in [0.2, 0.25) is 0 Å². The first kappa shape index (κ1) is 5.54. The lowest BCUT2D eigenvalue weighted by atomic mass is 10.9. The van der Waals surface area contributed by atoms with Crippen LogP contribution in [0.3, 0.4) is 0 Å². The molecule has 0 spiro atoms.